The standard InChI is InChI=1S/C27H25FO6S/c1-32-21-12-14-11-18(24(27(30)31)16-7-5-6-8-19(16)28)17-13-20(29)22(35-4)10-9-15(17)23(14)26(34-3)25(21)33-2/h5-10,12-13,18,24H,11H2,1-4H3,(H,30,31). The molecule has 35 heavy (non-hydrogen) atoms. The summed E-state index contributed by atoms with van der Waals surface area (Å²) in [5.41, 5.74) is 2.43. The summed E-state index contributed by atoms with van der Waals surface area (Å²) in [6.45, 7) is 0. The lowest BCUT2D eigenvalue weighted by atomic mass is 9.71. The van der Waals surface area contributed by atoms with Crippen LogP contribution < -0.4 is 19.6 Å². The molecule has 0 saturated carbocycles. The predicted octanol–water partition coefficient (Wildman–Crippen LogP) is 5.11. The van der Waals surface area contributed by atoms with Crippen LogP contribution in [0.4, 0.5) is 4.39 Å². The largest absolute Gasteiger partial charge is 0.493 e. The number of aliphatic carboxylic acids is 1. The van der Waals surface area contributed by atoms with Gasteiger partial charge in [0.05, 0.1) is 32.1 Å². The highest BCUT2D eigenvalue weighted by Crippen LogP contribution is 2.54. The molecule has 0 bridgehead atoms. The van der Waals surface area contributed by atoms with Gasteiger partial charge in [-0.2, -0.15) is 0 Å². The van der Waals surface area contributed by atoms with Gasteiger partial charge in [0, 0.05) is 17.0 Å². The molecule has 0 spiro atoms. The third kappa shape index (κ3) is 4.23. The first-order valence-electron chi connectivity index (χ1n) is 10.9. The Kier molecular flexibility index (Phi) is 7.03. The average molecular weight is 497 g/mol. The maximum atomic E-state index is 14.9. The van der Waals surface area contributed by atoms with Crippen molar-refractivity contribution in [1.29, 1.82) is 0 Å². The molecule has 6 nitrogen and oxygen atoms in total. The summed E-state index contributed by atoms with van der Waals surface area (Å²) >= 11 is 1.30. The van der Waals surface area contributed by atoms with Gasteiger partial charge in [-0.3, -0.25) is 9.59 Å². The van der Waals surface area contributed by atoms with Crippen LogP contribution in [0.25, 0.3) is 11.1 Å². The second-order valence-electron chi connectivity index (χ2n) is 8.11. The van der Waals surface area contributed by atoms with Crippen molar-refractivity contribution in [3.63, 3.8) is 0 Å². The van der Waals surface area contributed by atoms with Gasteiger partial charge in [0.2, 0.25) is 5.75 Å². The number of hydrogen-bond acceptors (Lipinski definition) is 6. The fraction of sp³-hybridized carbons (Fsp3) is 0.259. The Labute approximate surface area is 206 Å². The summed E-state index contributed by atoms with van der Waals surface area (Å²) in [4.78, 5) is 26.1. The van der Waals surface area contributed by atoms with E-state index in [1.807, 2.05) is 0 Å². The van der Waals surface area contributed by atoms with Gasteiger partial charge in [0.1, 0.15) is 5.82 Å². The number of benzene rings is 2. The van der Waals surface area contributed by atoms with Crippen molar-refractivity contribution in [1.82, 2.24) is 0 Å². The zero-order valence-electron chi connectivity index (χ0n) is 19.8. The molecule has 1 aliphatic rings. The fourth-order valence-electron chi connectivity index (χ4n) is 4.89. The summed E-state index contributed by atoms with van der Waals surface area (Å²) in [7, 11) is 4.52. The molecule has 0 fully saturated rings. The summed E-state index contributed by atoms with van der Waals surface area (Å²) in [5.74, 6) is -2.48. The zero-order chi connectivity index (χ0) is 25.3. The minimum Gasteiger partial charge on any atom is -0.493 e. The average Bonchev–Trinajstić information content (AvgIpc) is 3.02. The molecule has 1 N–H and O–H groups in total. The number of carboxylic acids is 1. The fourth-order valence-corrected chi connectivity index (χ4v) is 5.35. The smallest absolute Gasteiger partial charge is 0.311 e. The third-order valence-corrected chi connectivity index (χ3v) is 7.17. The van der Waals surface area contributed by atoms with Crippen LogP contribution in [0.1, 0.15) is 28.5 Å². The molecule has 3 aromatic rings. The Morgan fingerprint density at radius 1 is 1.06 bits per heavy atom. The second kappa shape index (κ2) is 10.00. The van der Waals surface area contributed by atoms with Crippen molar-refractivity contribution in [2.75, 3.05) is 27.6 Å². The van der Waals surface area contributed by atoms with Crippen molar-refractivity contribution in [2.24, 2.45) is 0 Å². The van der Waals surface area contributed by atoms with Crippen LogP contribution in [0.3, 0.4) is 0 Å². The Balaban J connectivity index is 2.09. The highest BCUT2D eigenvalue weighted by atomic mass is 32.2. The lowest BCUT2D eigenvalue weighted by Gasteiger charge is -2.33. The molecule has 2 unspecified atom stereocenters. The Bertz CT molecular complexity index is 1360. The van der Waals surface area contributed by atoms with Gasteiger partial charge >= 0.3 is 5.97 Å². The Hall–Kier alpha value is -3.52. The Morgan fingerprint density at radius 3 is 2.37 bits per heavy atom. The number of carbonyl (C=O) groups is 1. The lowest BCUT2D eigenvalue weighted by molar-refractivity contribution is -0.139. The maximum absolute atomic E-state index is 14.9. The van der Waals surface area contributed by atoms with E-state index in [-0.39, 0.29) is 17.4 Å². The van der Waals surface area contributed by atoms with E-state index in [1.165, 1.54) is 57.4 Å². The van der Waals surface area contributed by atoms with Crippen LogP contribution in [0.5, 0.6) is 17.2 Å². The van der Waals surface area contributed by atoms with E-state index in [1.54, 1.807) is 30.5 Å². The quantitative estimate of drug-likeness (QED) is 0.455. The molecular formula is C27H25FO6S. The van der Waals surface area contributed by atoms with Crippen molar-refractivity contribution < 1.29 is 28.5 Å². The monoisotopic (exact) mass is 496 g/mol. The van der Waals surface area contributed by atoms with E-state index < -0.39 is 23.6 Å². The second-order valence-corrected chi connectivity index (χ2v) is 8.95. The molecule has 182 valence electrons. The zero-order valence-corrected chi connectivity index (χ0v) is 20.6. The van der Waals surface area contributed by atoms with Crippen molar-refractivity contribution in [2.45, 2.75) is 23.2 Å². The summed E-state index contributed by atoms with van der Waals surface area (Å²) in [6, 6.07) is 12.6. The molecule has 2 atom stereocenters. The number of hydrogen-bond donors (Lipinski definition) is 1. The minimum atomic E-state index is -1.22. The van der Waals surface area contributed by atoms with Crippen LogP contribution in [0, 0.1) is 5.82 Å². The topological polar surface area (TPSA) is 82.1 Å². The molecule has 0 aliphatic heterocycles. The molecule has 1 aliphatic carbocycles. The number of thioether (sulfide) groups is 1. The van der Waals surface area contributed by atoms with Crippen LogP contribution in [0.2, 0.25) is 0 Å². The van der Waals surface area contributed by atoms with Crippen molar-refractivity contribution in [3.8, 4) is 28.4 Å². The molecule has 4 rings (SSSR count). The first kappa shape index (κ1) is 24.6. The summed E-state index contributed by atoms with van der Waals surface area (Å²) < 4.78 is 31.7. The lowest BCUT2D eigenvalue weighted by Crippen LogP contribution is -2.26. The minimum absolute atomic E-state index is 0.0656. The van der Waals surface area contributed by atoms with E-state index in [4.69, 9.17) is 14.2 Å². The summed E-state index contributed by atoms with van der Waals surface area (Å²) in [5, 5.41) is 10.3. The molecule has 8 heteroatoms. The van der Waals surface area contributed by atoms with E-state index in [0.717, 1.165) is 5.56 Å². The van der Waals surface area contributed by atoms with Gasteiger partial charge < -0.3 is 19.3 Å². The van der Waals surface area contributed by atoms with Crippen molar-refractivity contribution >= 4 is 17.7 Å². The van der Waals surface area contributed by atoms with Gasteiger partial charge in [0.15, 0.2) is 16.9 Å². The van der Waals surface area contributed by atoms with Gasteiger partial charge in [-0.15, -0.1) is 11.8 Å². The van der Waals surface area contributed by atoms with Crippen LogP contribution in [-0.2, 0) is 11.2 Å². The van der Waals surface area contributed by atoms with E-state index in [2.05, 4.69) is 0 Å². The SMILES string of the molecule is COc1cc2c(c(OC)c1OC)-c1ccc(SC)c(=O)cc1C(C(C(=O)O)c1ccccc1F)C2. The van der Waals surface area contributed by atoms with Gasteiger partial charge in [-0.05, 0) is 53.6 Å². The normalized spacial score (nSPS) is 14.9. The molecule has 3 aromatic carbocycles. The van der Waals surface area contributed by atoms with Crippen LogP contribution >= 0.6 is 11.8 Å². The predicted molar refractivity (Wildman–Crippen MR) is 133 cm³/mol. The van der Waals surface area contributed by atoms with Gasteiger partial charge in [-0.1, -0.05) is 24.3 Å². The number of methoxy groups -OCH3 is 3. The number of ether oxygens (including phenoxy) is 3. The maximum Gasteiger partial charge on any atom is 0.311 e. The molecule has 0 amide bonds. The number of fused-ring (bicyclic) bond motifs is 3. The van der Waals surface area contributed by atoms with Crippen molar-refractivity contribution in [3.05, 3.63) is 81.3 Å². The van der Waals surface area contributed by atoms with E-state index >= 15 is 0 Å². The van der Waals surface area contributed by atoms with Gasteiger partial charge in [-0.25, -0.2) is 4.39 Å². The molecule has 0 heterocycles. The molecule has 0 radical (unpaired) electrons. The summed E-state index contributed by atoms with van der Waals surface area (Å²) in [6.07, 6.45) is 2.03. The van der Waals surface area contributed by atoms with Gasteiger partial charge in [0.25, 0.3) is 0 Å². The molecule has 0 aromatic heterocycles. The highest BCUT2D eigenvalue weighted by Gasteiger charge is 2.39. The third-order valence-electron chi connectivity index (χ3n) is 6.39. The first-order chi connectivity index (χ1) is 16.9. The number of rotatable bonds is 7. The highest BCUT2D eigenvalue weighted by molar-refractivity contribution is 7.98. The first-order valence-corrected chi connectivity index (χ1v) is 12.1. The molecule has 0 saturated heterocycles. The van der Waals surface area contributed by atoms with E-state index in [0.29, 0.717) is 38.8 Å². The number of carboxylic acid groups (broad SMARTS) is 1. The molecular weight excluding hydrogens is 471 g/mol. The van der Waals surface area contributed by atoms with Crippen LogP contribution in [-0.4, -0.2) is 38.7 Å². The van der Waals surface area contributed by atoms with E-state index in [9.17, 15) is 19.1 Å². The number of halogens is 1. The van der Waals surface area contributed by atoms with Crippen LogP contribution in [0.15, 0.2) is 58.2 Å². The Morgan fingerprint density at radius 2 is 1.77 bits per heavy atom.